The van der Waals surface area contributed by atoms with Gasteiger partial charge in [0.25, 0.3) is 0 Å². The summed E-state index contributed by atoms with van der Waals surface area (Å²) in [6, 6.07) is 4.39. The first-order valence-corrected chi connectivity index (χ1v) is 6.62. The van der Waals surface area contributed by atoms with Crippen LogP contribution in [0.1, 0.15) is 50.7 Å². The molecule has 1 rings (SSSR count). The minimum absolute atomic E-state index is 0.127. The van der Waals surface area contributed by atoms with Crippen molar-refractivity contribution in [2.45, 2.75) is 52.1 Å². The van der Waals surface area contributed by atoms with Gasteiger partial charge >= 0.3 is 0 Å². The lowest BCUT2D eigenvalue weighted by Crippen LogP contribution is -2.39. The van der Waals surface area contributed by atoms with Crippen LogP contribution in [0.15, 0.2) is 16.5 Å². The van der Waals surface area contributed by atoms with E-state index < -0.39 is 0 Å². The standard InChI is InChI=1S/C14H26N2O/c1-5-7-10-16(4)14(12(15)6-2)13-9-8-11(3)17-13/h8-9,12,14H,5-7,10,15H2,1-4H3. The lowest BCUT2D eigenvalue weighted by Gasteiger charge is -2.30. The maximum Gasteiger partial charge on any atom is 0.122 e. The Hall–Kier alpha value is -0.800. The van der Waals surface area contributed by atoms with Gasteiger partial charge in [-0.05, 0) is 45.5 Å². The number of unbranched alkanes of at least 4 members (excludes halogenated alkanes) is 1. The Bertz CT molecular complexity index is 322. The first kappa shape index (κ1) is 14.3. The van der Waals surface area contributed by atoms with Crippen LogP contribution in [0.25, 0.3) is 0 Å². The first-order chi connectivity index (χ1) is 8.10. The minimum Gasteiger partial charge on any atom is -0.465 e. The number of furan rings is 1. The van der Waals surface area contributed by atoms with Crippen molar-refractivity contribution in [2.75, 3.05) is 13.6 Å². The van der Waals surface area contributed by atoms with Crippen molar-refractivity contribution in [3.05, 3.63) is 23.7 Å². The second-order valence-corrected chi connectivity index (χ2v) is 4.80. The number of nitrogens with two attached hydrogens (primary N) is 1. The molecule has 0 aliphatic heterocycles. The normalized spacial score (nSPS) is 15.2. The predicted molar refractivity (Wildman–Crippen MR) is 72.0 cm³/mol. The zero-order chi connectivity index (χ0) is 12.8. The highest BCUT2D eigenvalue weighted by molar-refractivity contribution is 5.12. The highest BCUT2D eigenvalue weighted by Gasteiger charge is 2.25. The Morgan fingerprint density at radius 2 is 2.06 bits per heavy atom. The molecule has 0 bridgehead atoms. The van der Waals surface area contributed by atoms with E-state index in [4.69, 9.17) is 10.2 Å². The van der Waals surface area contributed by atoms with Crippen LogP contribution in [0, 0.1) is 6.92 Å². The molecule has 1 heterocycles. The van der Waals surface area contributed by atoms with Crippen LogP contribution in [0.4, 0.5) is 0 Å². The average molecular weight is 238 g/mol. The molecule has 0 radical (unpaired) electrons. The molecule has 0 aliphatic carbocycles. The van der Waals surface area contributed by atoms with Crippen molar-refractivity contribution < 1.29 is 4.42 Å². The maximum atomic E-state index is 6.23. The van der Waals surface area contributed by atoms with Gasteiger partial charge in [-0.1, -0.05) is 20.3 Å². The van der Waals surface area contributed by atoms with Gasteiger partial charge in [0.15, 0.2) is 0 Å². The van der Waals surface area contributed by atoms with Crippen LogP contribution >= 0.6 is 0 Å². The summed E-state index contributed by atoms with van der Waals surface area (Å²) >= 11 is 0. The van der Waals surface area contributed by atoms with Gasteiger partial charge in [0.05, 0.1) is 6.04 Å². The van der Waals surface area contributed by atoms with Crippen LogP contribution in [0.5, 0.6) is 0 Å². The zero-order valence-electron chi connectivity index (χ0n) is 11.6. The molecule has 2 unspecified atom stereocenters. The Balaban J connectivity index is 2.80. The van der Waals surface area contributed by atoms with E-state index in [0.29, 0.717) is 0 Å². The summed E-state index contributed by atoms with van der Waals surface area (Å²) in [5, 5.41) is 0. The molecule has 0 amide bonds. The van der Waals surface area contributed by atoms with Gasteiger partial charge in [0, 0.05) is 6.04 Å². The van der Waals surface area contributed by atoms with E-state index in [1.807, 2.05) is 13.0 Å². The predicted octanol–water partition coefficient (Wildman–Crippen LogP) is 3.10. The van der Waals surface area contributed by atoms with Gasteiger partial charge < -0.3 is 10.2 Å². The van der Waals surface area contributed by atoms with Gasteiger partial charge in [-0.15, -0.1) is 0 Å². The van der Waals surface area contributed by atoms with Crippen molar-refractivity contribution in [1.29, 1.82) is 0 Å². The summed E-state index contributed by atoms with van der Waals surface area (Å²) in [5.41, 5.74) is 6.23. The molecule has 0 saturated carbocycles. The van der Waals surface area contributed by atoms with Crippen molar-refractivity contribution in [1.82, 2.24) is 4.90 Å². The van der Waals surface area contributed by atoms with Gasteiger partial charge in [-0.2, -0.15) is 0 Å². The second-order valence-electron chi connectivity index (χ2n) is 4.80. The van der Waals surface area contributed by atoms with Crippen LogP contribution < -0.4 is 5.73 Å². The third kappa shape index (κ3) is 3.86. The molecule has 0 fully saturated rings. The number of hydrogen-bond acceptors (Lipinski definition) is 3. The molecule has 3 nitrogen and oxygen atoms in total. The van der Waals surface area contributed by atoms with Crippen LogP contribution in [0.3, 0.4) is 0 Å². The van der Waals surface area contributed by atoms with Gasteiger partial charge in [0.1, 0.15) is 11.5 Å². The Kier molecular flexibility index (Phi) is 5.72. The molecule has 98 valence electrons. The Morgan fingerprint density at radius 1 is 1.35 bits per heavy atom. The van der Waals surface area contributed by atoms with Gasteiger partial charge in [-0.25, -0.2) is 0 Å². The molecular weight excluding hydrogens is 212 g/mol. The number of hydrogen-bond donors (Lipinski definition) is 1. The smallest absolute Gasteiger partial charge is 0.122 e. The lowest BCUT2D eigenvalue weighted by atomic mass is 10.0. The topological polar surface area (TPSA) is 42.4 Å². The zero-order valence-corrected chi connectivity index (χ0v) is 11.6. The summed E-state index contributed by atoms with van der Waals surface area (Å²) in [6.07, 6.45) is 3.36. The van der Waals surface area contributed by atoms with Gasteiger partial charge in [-0.3, -0.25) is 4.90 Å². The molecule has 0 saturated heterocycles. The summed E-state index contributed by atoms with van der Waals surface area (Å²) in [7, 11) is 2.13. The molecule has 3 heteroatoms. The minimum atomic E-state index is 0.127. The summed E-state index contributed by atoms with van der Waals surface area (Å²) < 4.78 is 5.75. The molecular formula is C14H26N2O. The average Bonchev–Trinajstić information content (AvgIpc) is 2.73. The van der Waals surface area contributed by atoms with E-state index >= 15 is 0 Å². The fraction of sp³-hybridized carbons (Fsp3) is 0.714. The highest BCUT2D eigenvalue weighted by atomic mass is 16.3. The number of rotatable bonds is 7. The largest absolute Gasteiger partial charge is 0.465 e. The van der Waals surface area contributed by atoms with Crippen LogP contribution in [0.2, 0.25) is 0 Å². The number of likely N-dealkylation sites (N-methyl/N-ethyl adjacent to an activating group) is 1. The number of nitrogens with zero attached hydrogens (tertiary/aromatic N) is 1. The third-order valence-electron chi connectivity index (χ3n) is 3.27. The lowest BCUT2D eigenvalue weighted by molar-refractivity contribution is 0.179. The first-order valence-electron chi connectivity index (χ1n) is 6.62. The fourth-order valence-corrected chi connectivity index (χ4v) is 2.14. The van der Waals surface area contributed by atoms with Crippen LogP contribution in [-0.2, 0) is 0 Å². The maximum absolute atomic E-state index is 6.23. The molecule has 0 aliphatic rings. The summed E-state index contributed by atoms with van der Waals surface area (Å²) in [4.78, 5) is 2.32. The molecule has 2 atom stereocenters. The molecule has 1 aromatic rings. The van der Waals surface area contributed by atoms with Crippen molar-refractivity contribution in [2.24, 2.45) is 5.73 Å². The van der Waals surface area contributed by atoms with Gasteiger partial charge in [0.2, 0.25) is 0 Å². The van der Waals surface area contributed by atoms with Crippen molar-refractivity contribution in [3.8, 4) is 0 Å². The Labute approximate surface area is 105 Å². The summed E-state index contributed by atoms with van der Waals surface area (Å²) in [5.74, 6) is 1.95. The second kappa shape index (κ2) is 6.82. The quantitative estimate of drug-likeness (QED) is 0.793. The summed E-state index contributed by atoms with van der Waals surface area (Å²) in [6.45, 7) is 7.37. The SMILES string of the molecule is CCCCN(C)C(c1ccc(C)o1)C(N)CC. The van der Waals surface area contributed by atoms with E-state index in [0.717, 1.165) is 24.5 Å². The Morgan fingerprint density at radius 3 is 2.53 bits per heavy atom. The van der Waals surface area contributed by atoms with E-state index in [9.17, 15) is 0 Å². The van der Waals surface area contributed by atoms with Crippen molar-refractivity contribution >= 4 is 0 Å². The van der Waals surface area contributed by atoms with E-state index in [2.05, 4.69) is 31.9 Å². The van der Waals surface area contributed by atoms with E-state index in [-0.39, 0.29) is 12.1 Å². The highest BCUT2D eigenvalue weighted by Crippen LogP contribution is 2.25. The molecule has 0 spiro atoms. The van der Waals surface area contributed by atoms with Crippen LogP contribution in [-0.4, -0.2) is 24.5 Å². The molecule has 1 aromatic heterocycles. The molecule has 0 aromatic carbocycles. The monoisotopic (exact) mass is 238 g/mol. The number of aryl methyl sites for hydroxylation is 1. The van der Waals surface area contributed by atoms with E-state index in [1.54, 1.807) is 0 Å². The molecule has 17 heavy (non-hydrogen) atoms. The fourth-order valence-electron chi connectivity index (χ4n) is 2.14. The third-order valence-corrected chi connectivity index (χ3v) is 3.27. The molecule has 2 N–H and O–H groups in total. The van der Waals surface area contributed by atoms with E-state index in [1.165, 1.54) is 12.8 Å². The van der Waals surface area contributed by atoms with Crippen molar-refractivity contribution in [3.63, 3.8) is 0 Å².